The molecule has 4 aromatic rings. The molecule has 43 heavy (non-hydrogen) atoms. The predicted molar refractivity (Wildman–Crippen MR) is 166 cm³/mol. The average Bonchev–Trinajstić information content (AvgIpc) is 3.70. The number of amides is 1. The third-order valence-corrected chi connectivity index (χ3v) is 9.81. The van der Waals surface area contributed by atoms with E-state index in [1.54, 1.807) is 29.5 Å². The molecule has 224 valence electrons. The number of thiazole rings is 1. The van der Waals surface area contributed by atoms with Gasteiger partial charge in [-0.05, 0) is 73.9 Å². The van der Waals surface area contributed by atoms with Gasteiger partial charge in [0.25, 0.3) is 5.91 Å². The van der Waals surface area contributed by atoms with E-state index in [-0.39, 0.29) is 23.7 Å². The minimum absolute atomic E-state index is 0.0566. The summed E-state index contributed by atoms with van der Waals surface area (Å²) in [6.07, 6.45) is 5.55. The number of benzene rings is 2. The molecule has 1 aliphatic heterocycles. The Balaban J connectivity index is 1.14. The van der Waals surface area contributed by atoms with E-state index >= 15 is 0 Å². The van der Waals surface area contributed by atoms with Gasteiger partial charge < -0.3 is 24.2 Å². The minimum atomic E-state index is -0.655. The zero-order valence-electron chi connectivity index (χ0n) is 25.0. The summed E-state index contributed by atoms with van der Waals surface area (Å²) in [7, 11) is 3.71. The van der Waals surface area contributed by atoms with Crippen LogP contribution in [0, 0.1) is 31.6 Å². The van der Waals surface area contributed by atoms with Crippen LogP contribution in [-0.2, 0) is 25.0 Å². The molecule has 0 spiro atoms. The molecule has 2 fully saturated rings. The monoisotopic (exact) mass is 599 g/mol. The van der Waals surface area contributed by atoms with Gasteiger partial charge in [0.1, 0.15) is 18.2 Å². The summed E-state index contributed by atoms with van der Waals surface area (Å²) in [4.78, 5) is 38.1. The second-order valence-corrected chi connectivity index (χ2v) is 12.8. The number of anilines is 1. The van der Waals surface area contributed by atoms with E-state index in [4.69, 9.17) is 9.72 Å². The number of carboxylic acids is 1. The van der Waals surface area contributed by atoms with E-state index in [2.05, 4.69) is 28.3 Å². The summed E-state index contributed by atoms with van der Waals surface area (Å²) in [5.41, 5.74) is 5.53. The van der Waals surface area contributed by atoms with E-state index in [1.807, 2.05) is 55.1 Å². The van der Waals surface area contributed by atoms with Crippen molar-refractivity contribution in [2.24, 2.45) is 24.8 Å². The van der Waals surface area contributed by atoms with Gasteiger partial charge in [-0.2, -0.15) is 0 Å². The van der Waals surface area contributed by atoms with Crippen LogP contribution in [0.4, 0.5) is 5.13 Å². The number of imidazole rings is 1. The number of aromatic nitrogens is 3. The molecule has 1 amide bonds. The second kappa shape index (κ2) is 11.8. The van der Waals surface area contributed by atoms with Gasteiger partial charge in [-0.3, -0.25) is 9.59 Å². The Hall–Kier alpha value is -4.18. The molecule has 0 unspecified atom stereocenters. The second-order valence-electron chi connectivity index (χ2n) is 11.9. The lowest BCUT2D eigenvalue weighted by molar-refractivity contribution is -0.144. The van der Waals surface area contributed by atoms with Crippen LogP contribution in [0.5, 0.6) is 5.75 Å². The summed E-state index contributed by atoms with van der Waals surface area (Å²) < 4.78 is 8.27. The summed E-state index contributed by atoms with van der Waals surface area (Å²) >= 11 is 1.60. The lowest BCUT2D eigenvalue weighted by atomic mass is 9.85. The van der Waals surface area contributed by atoms with Crippen molar-refractivity contribution < 1.29 is 19.4 Å². The number of hydrogen-bond acceptors (Lipinski definition) is 7. The van der Waals surface area contributed by atoms with E-state index in [0.29, 0.717) is 18.7 Å². The lowest BCUT2D eigenvalue weighted by Gasteiger charge is -2.35. The number of aryl methyl sites for hydroxylation is 3. The lowest BCUT2D eigenvalue weighted by Crippen LogP contribution is -2.44. The van der Waals surface area contributed by atoms with Gasteiger partial charge in [0.15, 0.2) is 5.13 Å². The molecule has 10 heteroatoms. The number of hydrogen-bond donors (Lipinski definition) is 1. The smallest absolute Gasteiger partial charge is 0.307 e. The van der Waals surface area contributed by atoms with Crippen LogP contribution in [0.15, 0.2) is 54.2 Å². The van der Waals surface area contributed by atoms with Crippen LogP contribution in [0.25, 0.3) is 11.3 Å². The Bertz CT molecular complexity index is 1650. The van der Waals surface area contributed by atoms with Crippen LogP contribution < -0.4 is 9.64 Å². The zero-order chi connectivity index (χ0) is 30.2. The quantitative estimate of drug-likeness (QED) is 0.269. The normalized spacial score (nSPS) is 19.4. The van der Waals surface area contributed by atoms with E-state index in [1.165, 1.54) is 0 Å². The van der Waals surface area contributed by atoms with Crippen molar-refractivity contribution in [3.63, 3.8) is 0 Å². The van der Waals surface area contributed by atoms with Crippen molar-refractivity contribution in [3.05, 3.63) is 82.3 Å². The summed E-state index contributed by atoms with van der Waals surface area (Å²) in [5.74, 6) is 1.02. The summed E-state index contributed by atoms with van der Waals surface area (Å²) in [6.45, 7) is 6.34. The highest BCUT2D eigenvalue weighted by atomic mass is 32.1. The standard InChI is InChI=1S/C33H37N5O4S/c1-20-5-10-28(26(13-20)27-19-43-33(35-27)38-15-23-7-8-24(16-38)30(23)32(40)41)42-18-25-9-6-22(14-21(25)2)31(39)37(4)17-29-34-11-12-36(29)3/h5-6,9-14,19,23-24,30H,7-8,15-18H2,1-4H3,(H,40,41)/t23-,24+,30+. The van der Waals surface area contributed by atoms with Gasteiger partial charge in [0.05, 0.1) is 18.2 Å². The molecule has 2 aromatic carbocycles. The van der Waals surface area contributed by atoms with Crippen molar-refractivity contribution >= 4 is 28.3 Å². The van der Waals surface area contributed by atoms with E-state index in [9.17, 15) is 14.7 Å². The van der Waals surface area contributed by atoms with Gasteiger partial charge in [-0.25, -0.2) is 9.97 Å². The van der Waals surface area contributed by atoms with E-state index < -0.39 is 5.97 Å². The molecule has 1 aliphatic carbocycles. The number of carbonyl (C=O) groups is 2. The molecule has 3 heterocycles. The summed E-state index contributed by atoms with van der Waals surface area (Å²) in [5, 5.41) is 12.7. The van der Waals surface area contributed by atoms with Crippen molar-refractivity contribution in [3.8, 4) is 17.0 Å². The Morgan fingerprint density at radius 2 is 1.88 bits per heavy atom. The molecule has 2 aliphatic rings. The van der Waals surface area contributed by atoms with Gasteiger partial charge in [-0.1, -0.05) is 17.7 Å². The molecule has 1 saturated carbocycles. The zero-order valence-corrected chi connectivity index (χ0v) is 25.8. The highest BCUT2D eigenvalue weighted by Gasteiger charge is 2.46. The van der Waals surface area contributed by atoms with Gasteiger partial charge in [-0.15, -0.1) is 11.3 Å². The SMILES string of the molecule is Cc1ccc(OCc2ccc(C(=O)N(C)Cc3nccn3C)cc2C)c(-c2csc(N3C[C@H]4CC[C@@H](C3)[C@H]4C(=O)O)n2)c1. The first kappa shape index (κ1) is 28.9. The highest BCUT2D eigenvalue weighted by molar-refractivity contribution is 7.14. The molecule has 9 nitrogen and oxygen atoms in total. The fourth-order valence-corrected chi connectivity index (χ4v) is 7.33. The number of carboxylic acid groups (broad SMARTS) is 1. The Morgan fingerprint density at radius 1 is 1.12 bits per heavy atom. The molecule has 0 radical (unpaired) electrons. The highest BCUT2D eigenvalue weighted by Crippen LogP contribution is 2.44. The van der Waals surface area contributed by atoms with Gasteiger partial charge >= 0.3 is 5.97 Å². The predicted octanol–water partition coefficient (Wildman–Crippen LogP) is 5.56. The van der Waals surface area contributed by atoms with Crippen molar-refractivity contribution in [2.75, 3.05) is 25.0 Å². The van der Waals surface area contributed by atoms with Crippen LogP contribution in [0.2, 0.25) is 0 Å². The van der Waals surface area contributed by atoms with Crippen LogP contribution in [0.3, 0.4) is 0 Å². The van der Waals surface area contributed by atoms with Crippen molar-refractivity contribution in [1.29, 1.82) is 0 Å². The molecule has 2 aromatic heterocycles. The molecule has 1 saturated heterocycles. The maximum atomic E-state index is 13.1. The number of piperidine rings is 1. The molecule has 1 N–H and O–H groups in total. The number of nitrogens with zero attached hydrogens (tertiary/aromatic N) is 5. The fourth-order valence-electron chi connectivity index (χ4n) is 6.48. The fraction of sp³-hybridized carbons (Fsp3) is 0.394. The van der Waals surface area contributed by atoms with Crippen molar-refractivity contribution in [1.82, 2.24) is 19.4 Å². The first-order valence-electron chi connectivity index (χ1n) is 14.7. The average molecular weight is 600 g/mol. The van der Waals surface area contributed by atoms with Crippen LogP contribution >= 0.6 is 11.3 Å². The van der Waals surface area contributed by atoms with Crippen LogP contribution in [0.1, 0.15) is 45.7 Å². The topological polar surface area (TPSA) is 101 Å². The maximum Gasteiger partial charge on any atom is 0.307 e. The Kier molecular flexibility index (Phi) is 7.96. The van der Waals surface area contributed by atoms with Crippen LogP contribution in [-0.4, -0.2) is 56.6 Å². The number of aliphatic carboxylic acids is 1. The third-order valence-electron chi connectivity index (χ3n) is 8.91. The Labute approximate surface area is 255 Å². The number of ether oxygens (including phenoxy) is 1. The number of fused-ring (bicyclic) bond motifs is 2. The minimum Gasteiger partial charge on any atom is -0.488 e. The van der Waals surface area contributed by atoms with Gasteiger partial charge in [0, 0.05) is 56.1 Å². The molecular formula is C33H37N5O4S. The molecule has 3 atom stereocenters. The maximum absolute atomic E-state index is 13.1. The third kappa shape index (κ3) is 5.88. The molecule has 2 bridgehead atoms. The summed E-state index contributed by atoms with van der Waals surface area (Å²) in [6, 6.07) is 11.8. The number of rotatable bonds is 9. The first-order valence-corrected chi connectivity index (χ1v) is 15.5. The largest absolute Gasteiger partial charge is 0.488 e. The first-order chi connectivity index (χ1) is 20.7. The number of carbonyl (C=O) groups excluding carboxylic acids is 1. The Morgan fingerprint density at radius 3 is 2.56 bits per heavy atom. The van der Waals surface area contributed by atoms with Crippen molar-refractivity contribution in [2.45, 2.75) is 39.8 Å². The van der Waals surface area contributed by atoms with Gasteiger partial charge in [0.2, 0.25) is 0 Å². The molecular weight excluding hydrogens is 562 g/mol. The van der Waals surface area contributed by atoms with E-state index in [0.717, 1.165) is 70.6 Å². The molecule has 6 rings (SSSR count).